The molecule has 2 aromatic rings. The molecule has 0 bridgehead atoms. The number of carbonyl (C=O) groups is 1. The maximum Gasteiger partial charge on any atom is 0.477 e. The maximum absolute atomic E-state index is 13.4. The van der Waals surface area contributed by atoms with Crippen molar-refractivity contribution in [3.63, 3.8) is 0 Å². The number of hydrogen-bond donors (Lipinski definition) is 0. The predicted octanol–water partition coefficient (Wildman–Crippen LogP) is 4.33. The number of pyridine rings is 1. The first-order valence-electron chi connectivity index (χ1n) is 9.18. The van der Waals surface area contributed by atoms with E-state index in [1.807, 2.05) is 4.90 Å². The van der Waals surface area contributed by atoms with Crippen LogP contribution in [-0.2, 0) is 10.9 Å². The molecule has 3 rings (SSSR count). The van der Waals surface area contributed by atoms with Crippen LogP contribution < -0.4 is 9.88 Å². The second-order valence-electron chi connectivity index (χ2n) is 7.40. The molecule has 1 fully saturated rings. The lowest BCUT2D eigenvalue weighted by molar-refractivity contribution is -0.398. The number of anilines is 1. The Morgan fingerprint density at radius 3 is 2.48 bits per heavy atom. The van der Waals surface area contributed by atoms with Crippen molar-refractivity contribution in [2.24, 2.45) is 11.8 Å². The zero-order chi connectivity index (χ0) is 19.8. The number of aromatic nitrogens is 1. The number of esters is 1. The Hall–Kier alpha value is -2.31. The molecule has 1 aromatic carbocycles. The van der Waals surface area contributed by atoms with Gasteiger partial charge in [-0.15, -0.1) is 0 Å². The number of hydrogen-bond acceptors (Lipinski definition) is 3. The molecule has 1 aliphatic rings. The van der Waals surface area contributed by atoms with Crippen molar-refractivity contribution >= 4 is 22.6 Å². The Kier molecular flexibility index (Phi) is 5.31. The Balaban J connectivity index is 2.16. The van der Waals surface area contributed by atoms with Gasteiger partial charge >= 0.3 is 12.1 Å². The van der Waals surface area contributed by atoms with Crippen LogP contribution in [0.2, 0.25) is 0 Å². The van der Waals surface area contributed by atoms with E-state index in [9.17, 15) is 18.0 Å². The highest BCUT2D eigenvalue weighted by Crippen LogP contribution is 2.35. The topological polar surface area (TPSA) is 43.7 Å². The number of H-pyrrole nitrogens is 1. The minimum Gasteiger partial charge on any atom is -0.462 e. The summed E-state index contributed by atoms with van der Waals surface area (Å²) in [6, 6.07) is 5.77. The smallest absolute Gasteiger partial charge is 0.462 e. The summed E-state index contributed by atoms with van der Waals surface area (Å²) >= 11 is 0. The summed E-state index contributed by atoms with van der Waals surface area (Å²) in [5.41, 5.74) is 0.385. The Labute approximate surface area is 156 Å². The fraction of sp³-hybridized carbons (Fsp3) is 0.500. The number of aromatic amines is 1. The largest absolute Gasteiger partial charge is 0.477 e. The van der Waals surface area contributed by atoms with Gasteiger partial charge in [0.1, 0.15) is 0 Å². The highest BCUT2D eigenvalue weighted by Gasteiger charge is 2.40. The molecule has 1 aromatic heterocycles. The van der Waals surface area contributed by atoms with Crippen molar-refractivity contribution in [1.82, 2.24) is 0 Å². The molecule has 1 N–H and O–H groups in total. The first-order valence-corrected chi connectivity index (χ1v) is 9.18. The van der Waals surface area contributed by atoms with Gasteiger partial charge in [0.05, 0.1) is 23.2 Å². The van der Waals surface area contributed by atoms with Gasteiger partial charge in [0, 0.05) is 25.2 Å². The van der Waals surface area contributed by atoms with Crippen LogP contribution >= 0.6 is 0 Å². The summed E-state index contributed by atoms with van der Waals surface area (Å²) in [5, 5.41) is 0.592. The lowest BCUT2D eigenvalue weighted by Crippen LogP contribution is -2.39. The molecular weight excluding hydrogens is 357 g/mol. The van der Waals surface area contributed by atoms with Gasteiger partial charge in [0.2, 0.25) is 5.52 Å². The van der Waals surface area contributed by atoms with Crippen molar-refractivity contribution in [2.45, 2.75) is 33.4 Å². The van der Waals surface area contributed by atoms with Crippen LogP contribution in [0.3, 0.4) is 0 Å². The maximum atomic E-state index is 13.4. The average molecular weight is 381 g/mol. The van der Waals surface area contributed by atoms with E-state index in [4.69, 9.17) is 4.74 Å². The fourth-order valence-corrected chi connectivity index (χ4v) is 3.88. The number of alkyl halides is 3. The van der Waals surface area contributed by atoms with Gasteiger partial charge in [-0.1, -0.05) is 13.8 Å². The lowest BCUT2D eigenvalue weighted by atomic mass is 9.91. The molecule has 0 unspecified atom stereocenters. The Morgan fingerprint density at radius 1 is 1.22 bits per heavy atom. The number of piperidine rings is 1. The molecule has 1 saturated heterocycles. The molecule has 4 nitrogen and oxygen atoms in total. The van der Waals surface area contributed by atoms with E-state index in [-0.39, 0.29) is 6.61 Å². The number of rotatable bonds is 3. The molecule has 0 spiro atoms. The van der Waals surface area contributed by atoms with Crippen LogP contribution in [0.4, 0.5) is 18.9 Å². The SMILES string of the molecule is CCOC(=O)c1ccc2[nH+]c(C(F)(F)F)cc(N3C[C@H](C)C[C@H](C)C3)c2c1. The van der Waals surface area contributed by atoms with Gasteiger partial charge in [-0.25, -0.2) is 9.78 Å². The van der Waals surface area contributed by atoms with Crippen LogP contribution in [0.5, 0.6) is 0 Å². The van der Waals surface area contributed by atoms with Gasteiger partial charge in [0.25, 0.3) is 5.69 Å². The molecule has 0 aliphatic carbocycles. The standard InChI is InChI=1S/C20H23F3N2O2/c1-4-27-19(26)14-5-6-16-15(8-14)17(9-18(24-16)20(21,22)23)25-10-12(2)7-13(3)11-25/h5-6,8-9,12-13H,4,7,10-11H2,1-3H3/p+1/t12-,13+. The second-order valence-corrected chi connectivity index (χ2v) is 7.40. The zero-order valence-electron chi connectivity index (χ0n) is 15.7. The van der Waals surface area contributed by atoms with E-state index in [2.05, 4.69) is 18.8 Å². The van der Waals surface area contributed by atoms with Crippen LogP contribution in [-0.4, -0.2) is 25.7 Å². The summed E-state index contributed by atoms with van der Waals surface area (Å²) < 4.78 is 45.2. The monoisotopic (exact) mass is 381 g/mol. The summed E-state index contributed by atoms with van der Waals surface area (Å²) in [5.74, 6) is 0.289. The van der Waals surface area contributed by atoms with Gasteiger partial charge in [-0.2, -0.15) is 13.2 Å². The highest BCUT2D eigenvalue weighted by molar-refractivity contribution is 5.98. The lowest BCUT2D eigenvalue weighted by Gasteiger charge is -2.37. The Bertz CT molecular complexity index is 841. The number of nitrogens with zero attached hydrogens (tertiary/aromatic N) is 1. The molecule has 0 saturated carbocycles. The normalized spacial score (nSPS) is 20.7. The van der Waals surface area contributed by atoms with Gasteiger partial charge < -0.3 is 9.64 Å². The molecule has 146 valence electrons. The molecular formula is C20H24F3N2O2+. The molecule has 2 atom stereocenters. The van der Waals surface area contributed by atoms with E-state index in [0.717, 1.165) is 12.5 Å². The first kappa shape index (κ1) is 19.5. The predicted molar refractivity (Wildman–Crippen MR) is 96.6 cm³/mol. The summed E-state index contributed by atoms with van der Waals surface area (Å²) in [7, 11) is 0. The van der Waals surface area contributed by atoms with Crippen molar-refractivity contribution in [3.8, 4) is 0 Å². The van der Waals surface area contributed by atoms with E-state index in [1.165, 1.54) is 12.1 Å². The number of halogens is 3. The van der Waals surface area contributed by atoms with Gasteiger partial charge in [-0.05, 0) is 37.3 Å². The highest BCUT2D eigenvalue weighted by atomic mass is 19.4. The summed E-state index contributed by atoms with van der Waals surface area (Å²) in [6.45, 7) is 7.53. The van der Waals surface area contributed by atoms with E-state index >= 15 is 0 Å². The van der Waals surface area contributed by atoms with Crippen LogP contribution in [0, 0.1) is 11.8 Å². The molecule has 2 heterocycles. The van der Waals surface area contributed by atoms with E-state index in [0.29, 0.717) is 47.1 Å². The van der Waals surface area contributed by atoms with Crippen LogP contribution in [0.25, 0.3) is 10.9 Å². The number of nitrogens with one attached hydrogen (secondary N) is 1. The first-order chi connectivity index (χ1) is 12.7. The summed E-state index contributed by atoms with van der Waals surface area (Å²) in [6.07, 6.45) is -3.43. The molecule has 0 radical (unpaired) electrons. The number of carbonyl (C=O) groups excluding carboxylic acids is 1. The third-order valence-electron chi connectivity index (χ3n) is 4.87. The van der Waals surface area contributed by atoms with Crippen LogP contribution in [0.1, 0.15) is 43.2 Å². The third-order valence-corrected chi connectivity index (χ3v) is 4.87. The summed E-state index contributed by atoms with van der Waals surface area (Å²) in [4.78, 5) is 16.5. The van der Waals surface area contributed by atoms with Crippen molar-refractivity contribution < 1.29 is 27.7 Å². The van der Waals surface area contributed by atoms with E-state index in [1.54, 1.807) is 13.0 Å². The van der Waals surface area contributed by atoms with Gasteiger partial charge in [-0.3, -0.25) is 0 Å². The van der Waals surface area contributed by atoms with Crippen molar-refractivity contribution in [1.29, 1.82) is 0 Å². The minimum absolute atomic E-state index is 0.240. The van der Waals surface area contributed by atoms with Gasteiger partial charge in [0.15, 0.2) is 0 Å². The van der Waals surface area contributed by atoms with E-state index < -0.39 is 17.8 Å². The number of benzene rings is 1. The van der Waals surface area contributed by atoms with Crippen molar-refractivity contribution in [2.75, 3.05) is 24.6 Å². The molecule has 27 heavy (non-hydrogen) atoms. The fourth-order valence-electron chi connectivity index (χ4n) is 3.88. The third kappa shape index (κ3) is 4.17. The average Bonchev–Trinajstić information content (AvgIpc) is 2.58. The minimum atomic E-state index is -4.48. The Morgan fingerprint density at radius 2 is 1.89 bits per heavy atom. The number of ether oxygens (including phenoxy) is 1. The molecule has 0 amide bonds. The molecule has 1 aliphatic heterocycles. The zero-order valence-corrected chi connectivity index (χ0v) is 15.7. The quantitative estimate of drug-likeness (QED) is 0.744. The van der Waals surface area contributed by atoms with Crippen molar-refractivity contribution in [3.05, 3.63) is 35.5 Å². The van der Waals surface area contributed by atoms with Crippen LogP contribution in [0.15, 0.2) is 24.3 Å². The number of fused-ring (bicyclic) bond motifs is 1. The second kappa shape index (κ2) is 7.37. The molecule has 7 heteroatoms.